The van der Waals surface area contributed by atoms with Crippen molar-refractivity contribution in [2.45, 2.75) is 32.2 Å². The quantitative estimate of drug-likeness (QED) is 0.588. The van der Waals surface area contributed by atoms with E-state index in [1.807, 2.05) is 0 Å². The molecule has 0 bridgehead atoms. The van der Waals surface area contributed by atoms with Gasteiger partial charge >= 0.3 is 0 Å². The lowest BCUT2D eigenvalue weighted by Gasteiger charge is -2.20. The summed E-state index contributed by atoms with van der Waals surface area (Å²) in [7, 11) is 0. The Morgan fingerprint density at radius 1 is 1.25 bits per heavy atom. The topological polar surface area (TPSA) is 12.0 Å². The molecule has 108 valence electrons. The number of thiophene rings is 1. The number of hydrogen-bond donors (Lipinski definition) is 1. The maximum atomic E-state index is 3.68. The standard InChI is InChI=1S/C16H19Br2NS/c1-2-8-19-16(6-3-12-7-9-20-11-12)14-10-13(17)4-5-15(14)18/h4-5,7,9-11,16,19H,2-3,6,8H2,1H3. The number of hydrogen-bond acceptors (Lipinski definition) is 2. The first-order valence-electron chi connectivity index (χ1n) is 6.90. The van der Waals surface area contributed by atoms with Gasteiger partial charge in [-0.05, 0) is 72.0 Å². The summed E-state index contributed by atoms with van der Waals surface area (Å²) in [6.07, 6.45) is 3.39. The van der Waals surface area contributed by atoms with E-state index in [1.165, 1.54) is 15.6 Å². The highest BCUT2D eigenvalue weighted by Crippen LogP contribution is 2.30. The van der Waals surface area contributed by atoms with Gasteiger partial charge in [0.1, 0.15) is 0 Å². The first-order chi connectivity index (χ1) is 9.70. The second-order valence-corrected chi connectivity index (χ2v) is 7.39. The molecule has 1 N–H and O–H groups in total. The normalized spacial score (nSPS) is 12.6. The minimum absolute atomic E-state index is 0.390. The van der Waals surface area contributed by atoms with Gasteiger partial charge < -0.3 is 5.32 Å². The second-order valence-electron chi connectivity index (χ2n) is 4.84. The first kappa shape index (κ1) is 16.2. The van der Waals surface area contributed by atoms with Gasteiger partial charge in [-0.2, -0.15) is 11.3 Å². The molecule has 1 aromatic carbocycles. The number of nitrogens with one attached hydrogen (secondary N) is 1. The average molecular weight is 417 g/mol. The SMILES string of the molecule is CCCNC(CCc1ccsc1)c1cc(Br)ccc1Br. The van der Waals surface area contributed by atoms with E-state index in [4.69, 9.17) is 0 Å². The summed E-state index contributed by atoms with van der Waals surface area (Å²) in [6, 6.07) is 9.01. The third kappa shape index (κ3) is 4.69. The van der Waals surface area contributed by atoms with Crippen LogP contribution in [0, 0.1) is 0 Å². The van der Waals surface area contributed by atoms with E-state index in [2.05, 4.69) is 79.1 Å². The maximum absolute atomic E-state index is 3.68. The van der Waals surface area contributed by atoms with Crippen LogP contribution in [-0.4, -0.2) is 6.54 Å². The van der Waals surface area contributed by atoms with Gasteiger partial charge in [0.15, 0.2) is 0 Å². The molecular weight excluding hydrogens is 398 g/mol. The molecule has 1 unspecified atom stereocenters. The minimum Gasteiger partial charge on any atom is -0.310 e. The Bertz CT molecular complexity index is 525. The Labute approximate surface area is 142 Å². The van der Waals surface area contributed by atoms with Crippen LogP contribution in [0.25, 0.3) is 0 Å². The summed E-state index contributed by atoms with van der Waals surface area (Å²) in [5.74, 6) is 0. The van der Waals surface area contributed by atoms with Crippen LogP contribution in [0.15, 0.2) is 44.0 Å². The average Bonchev–Trinajstić information content (AvgIpc) is 2.95. The summed E-state index contributed by atoms with van der Waals surface area (Å²) in [5, 5.41) is 8.06. The van der Waals surface area contributed by atoms with Gasteiger partial charge in [0.05, 0.1) is 0 Å². The third-order valence-electron chi connectivity index (χ3n) is 3.28. The molecule has 2 aromatic rings. The molecule has 0 saturated carbocycles. The van der Waals surface area contributed by atoms with Crippen LogP contribution in [-0.2, 0) is 6.42 Å². The molecule has 0 aliphatic carbocycles. The fourth-order valence-electron chi connectivity index (χ4n) is 2.21. The van der Waals surface area contributed by atoms with E-state index in [0.717, 1.165) is 30.3 Å². The molecule has 1 atom stereocenters. The molecule has 0 spiro atoms. The molecule has 0 saturated heterocycles. The predicted octanol–water partition coefficient (Wildman–Crippen LogP) is 5.95. The van der Waals surface area contributed by atoms with Crippen molar-refractivity contribution in [1.82, 2.24) is 5.32 Å². The highest BCUT2D eigenvalue weighted by molar-refractivity contribution is 9.11. The Hall–Kier alpha value is -0.160. The summed E-state index contributed by atoms with van der Waals surface area (Å²) in [6.45, 7) is 3.26. The monoisotopic (exact) mass is 415 g/mol. The second kappa shape index (κ2) is 8.32. The molecule has 0 radical (unpaired) electrons. The maximum Gasteiger partial charge on any atom is 0.0335 e. The molecular formula is C16H19Br2NS. The summed E-state index contributed by atoms with van der Waals surface area (Å²) in [4.78, 5) is 0. The highest BCUT2D eigenvalue weighted by Gasteiger charge is 2.14. The van der Waals surface area contributed by atoms with Crippen molar-refractivity contribution < 1.29 is 0 Å². The smallest absolute Gasteiger partial charge is 0.0335 e. The summed E-state index contributed by atoms with van der Waals surface area (Å²) < 4.78 is 2.31. The van der Waals surface area contributed by atoms with Crippen LogP contribution in [0.1, 0.15) is 36.9 Å². The van der Waals surface area contributed by atoms with Crippen molar-refractivity contribution in [3.63, 3.8) is 0 Å². The van der Waals surface area contributed by atoms with Crippen LogP contribution < -0.4 is 5.32 Å². The van der Waals surface area contributed by atoms with E-state index < -0.39 is 0 Å². The molecule has 20 heavy (non-hydrogen) atoms. The van der Waals surface area contributed by atoms with Gasteiger partial charge in [0, 0.05) is 15.0 Å². The van der Waals surface area contributed by atoms with E-state index in [-0.39, 0.29) is 0 Å². The third-order valence-corrected chi connectivity index (χ3v) is 5.22. The van der Waals surface area contributed by atoms with Crippen LogP contribution >= 0.6 is 43.2 Å². The molecule has 0 amide bonds. The molecule has 1 nitrogen and oxygen atoms in total. The Balaban J connectivity index is 2.11. The lowest BCUT2D eigenvalue weighted by molar-refractivity contribution is 0.498. The van der Waals surface area contributed by atoms with Crippen molar-refractivity contribution >= 4 is 43.2 Å². The van der Waals surface area contributed by atoms with Crippen molar-refractivity contribution in [2.24, 2.45) is 0 Å². The zero-order valence-electron chi connectivity index (χ0n) is 11.5. The highest BCUT2D eigenvalue weighted by atomic mass is 79.9. The van der Waals surface area contributed by atoms with Crippen molar-refractivity contribution in [1.29, 1.82) is 0 Å². The van der Waals surface area contributed by atoms with E-state index >= 15 is 0 Å². The van der Waals surface area contributed by atoms with Gasteiger partial charge in [0.25, 0.3) is 0 Å². The Kier molecular flexibility index (Phi) is 6.75. The van der Waals surface area contributed by atoms with Crippen LogP contribution in [0.5, 0.6) is 0 Å². The number of halogens is 2. The zero-order chi connectivity index (χ0) is 14.4. The van der Waals surface area contributed by atoms with E-state index in [0.29, 0.717) is 6.04 Å². The summed E-state index contributed by atoms with van der Waals surface area (Å²) >= 11 is 9.03. The van der Waals surface area contributed by atoms with E-state index in [1.54, 1.807) is 11.3 Å². The molecule has 0 aliphatic heterocycles. The van der Waals surface area contributed by atoms with Gasteiger partial charge in [-0.3, -0.25) is 0 Å². The van der Waals surface area contributed by atoms with Crippen molar-refractivity contribution in [2.75, 3.05) is 6.54 Å². The van der Waals surface area contributed by atoms with Gasteiger partial charge in [-0.25, -0.2) is 0 Å². The van der Waals surface area contributed by atoms with Gasteiger partial charge in [-0.15, -0.1) is 0 Å². The van der Waals surface area contributed by atoms with Crippen LogP contribution in [0.3, 0.4) is 0 Å². The fraction of sp³-hybridized carbons (Fsp3) is 0.375. The molecule has 4 heteroatoms. The Morgan fingerprint density at radius 3 is 2.80 bits per heavy atom. The van der Waals surface area contributed by atoms with Crippen molar-refractivity contribution in [3.8, 4) is 0 Å². The molecule has 0 fully saturated rings. The molecule has 0 aliphatic rings. The first-order valence-corrected chi connectivity index (χ1v) is 9.43. The van der Waals surface area contributed by atoms with Gasteiger partial charge in [-0.1, -0.05) is 38.8 Å². The molecule has 2 rings (SSSR count). The van der Waals surface area contributed by atoms with Crippen molar-refractivity contribution in [3.05, 3.63) is 55.1 Å². The van der Waals surface area contributed by atoms with Gasteiger partial charge in [0.2, 0.25) is 0 Å². The number of rotatable bonds is 7. The fourth-order valence-corrected chi connectivity index (χ4v) is 3.82. The van der Waals surface area contributed by atoms with E-state index in [9.17, 15) is 0 Å². The summed E-state index contributed by atoms with van der Waals surface area (Å²) in [5.41, 5.74) is 2.77. The zero-order valence-corrected chi connectivity index (χ0v) is 15.5. The molecule has 1 heterocycles. The lowest BCUT2D eigenvalue weighted by atomic mass is 10.00. The number of benzene rings is 1. The van der Waals surface area contributed by atoms with Crippen LogP contribution in [0.2, 0.25) is 0 Å². The minimum atomic E-state index is 0.390. The largest absolute Gasteiger partial charge is 0.310 e. The number of aryl methyl sites for hydroxylation is 1. The lowest BCUT2D eigenvalue weighted by Crippen LogP contribution is -2.23. The van der Waals surface area contributed by atoms with Crippen LogP contribution in [0.4, 0.5) is 0 Å². The molecule has 1 aromatic heterocycles. The predicted molar refractivity (Wildman–Crippen MR) is 95.5 cm³/mol. The Morgan fingerprint density at radius 2 is 2.10 bits per heavy atom.